The molecule has 0 spiro atoms. The number of fused-ring (bicyclic) bond motifs is 1. The number of ether oxygens (including phenoxy) is 2. The minimum Gasteiger partial charge on any atom is -0.492 e. The molecule has 39 heavy (non-hydrogen) atoms. The number of carbonyl (C=O) groups is 1. The maximum Gasteiger partial charge on any atom is 0.263 e. The first-order chi connectivity index (χ1) is 18.3. The van der Waals surface area contributed by atoms with Gasteiger partial charge in [0.25, 0.3) is 5.91 Å². The summed E-state index contributed by atoms with van der Waals surface area (Å²) in [7, 11) is -7.16. The Kier molecular flexibility index (Phi) is 8.48. The molecule has 10 nitrogen and oxygen atoms in total. The molecule has 214 valence electrons. The van der Waals surface area contributed by atoms with Crippen molar-refractivity contribution in [2.75, 3.05) is 43.3 Å². The standard InChI is InChI=1S/C27H37N3O7S2/c1-27(2,3)20-8-13-24-23(18-20)30(38(4,32)33)19-25(37-24)26(31)28-14-17-36-21-9-11-22(12-10-21)39(34,35)29-15-6-5-7-16-29/h8-13,18,25H,5-7,14-17,19H2,1-4H3,(H,28,31). The summed E-state index contributed by atoms with van der Waals surface area (Å²) in [5.74, 6) is 0.346. The predicted molar refractivity (Wildman–Crippen MR) is 149 cm³/mol. The van der Waals surface area contributed by atoms with E-state index in [9.17, 15) is 21.6 Å². The van der Waals surface area contributed by atoms with E-state index in [1.165, 1.54) is 20.7 Å². The molecule has 0 aromatic heterocycles. The average molecular weight is 580 g/mol. The summed E-state index contributed by atoms with van der Waals surface area (Å²) in [5.41, 5.74) is 1.19. The molecule has 1 amide bonds. The number of benzene rings is 2. The van der Waals surface area contributed by atoms with Gasteiger partial charge in [0, 0.05) is 13.1 Å². The van der Waals surface area contributed by atoms with Crippen molar-refractivity contribution < 1.29 is 31.1 Å². The number of anilines is 1. The van der Waals surface area contributed by atoms with Crippen LogP contribution in [0.5, 0.6) is 11.5 Å². The van der Waals surface area contributed by atoms with Gasteiger partial charge in [0.2, 0.25) is 20.0 Å². The van der Waals surface area contributed by atoms with Crippen molar-refractivity contribution in [2.45, 2.75) is 56.4 Å². The first-order valence-corrected chi connectivity index (χ1v) is 16.4. The van der Waals surface area contributed by atoms with Crippen LogP contribution in [0, 0.1) is 0 Å². The molecule has 0 radical (unpaired) electrons. The summed E-state index contributed by atoms with van der Waals surface area (Å²) in [6, 6.07) is 11.6. The maximum atomic E-state index is 12.8. The molecule has 12 heteroatoms. The molecule has 1 atom stereocenters. The first-order valence-electron chi connectivity index (χ1n) is 13.1. The van der Waals surface area contributed by atoms with E-state index in [0.717, 1.165) is 31.1 Å². The Labute approximate surface area is 231 Å². The number of hydrogen-bond donors (Lipinski definition) is 1. The predicted octanol–water partition coefficient (Wildman–Crippen LogP) is 2.88. The first kappa shape index (κ1) is 29.2. The van der Waals surface area contributed by atoms with Crippen molar-refractivity contribution >= 4 is 31.6 Å². The molecule has 0 aliphatic carbocycles. The van der Waals surface area contributed by atoms with Gasteiger partial charge in [-0.3, -0.25) is 9.10 Å². The van der Waals surface area contributed by atoms with Gasteiger partial charge in [0.15, 0.2) is 6.10 Å². The second-order valence-corrected chi connectivity index (χ2v) is 14.8. The van der Waals surface area contributed by atoms with E-state index in [2.05, 4.69) is 5.32 Å². The van der Waals surface area contributed by atoms with Gasteiger partial charge in [-0.1, -0.05) is 33.3 Å². The molecule has 1 saturated heterocycles. The van der Waals surface area contributed by atoms with E-state index in [0.29, 0.717) is 30.3 Å². The van der Waals surface area contributed by atoms with Crippen LogP contribution < -0.4 is 19.1 Å². The lowest BCUT2D eigenvalue weighted by Crippen LogP contribution is -2.51. The molecule has 1 N–H and O–H groups in total. The van der Waals surface area contributed by atoms with Crippen LogP contribution in [0.15, 0.2) is 47.4 Å². The Morgan fingerprint density at radius 1 is 1.03 bits per heavy atom. The fraction of sp³-hybridized carbons (Fsp3) is 0.519. The van der Waals surface area contributed by atoms with E-state index in [1.54, 1.807) is 24.3 Å². The van der Waals surface area contributed by atoms with Gasteiger partial charge in [0.05, 0.1) is 29.9 Å². The highest BCUT2D eigenvalue weighted by molar-refractivity contribution is 7.92. The summed E-state index contributed by atoms with van der Waals surface area (Å²) >= 11 is 0. The van der Waals surface area contributed by atoms with Crippen LogP contribution in [-0.2, 0) is 30.3 Å². The summed E-state index contributed by atoms with van der Waals surface area (Å²) in [6.45, 7) is 7.33. The van der Waals surface area contributed by atoms with Gasteiger partial charge in [-0.05, 0) is 60.2 Å². The van der Waals surface area contributed by atoms with Crippen LogP contribution in [0.2, 0.25) is 0 Å². The van der Waals surface area contributed by atoms with Crippen LogP contribution in [0.1, 0.15) is 45.6 Å². The molecule has 2 heterocycles. The highest BCUT2D eigenvalue weighted by Crippen LogP contribution is 2.38. The number of rotatable bonds is 8. The normalized spacial score (nSPS) is 18.7. The van der Waals surface area contributed by atoms with Crippen molar-refractivity contribution in [1.82, 2.24) is 9.62 Å². The van der Waals surface area contributed by atoms with E-state index in [-0.39, 0.29) is 30.0 Å². The zero-order valence-corrected chi connectivity index (χ0v) is 24.5. The number of amides is 1. The number of nitrogens with one attached hydrogen (secondary N) is 1. The topological polar surface area (TPSA) is 122 Å². The largest absolute Gasteiger partial charge is 0.492 e. The van der Waals surface area contributed by atoms with Crippen molar-refractivity contribution in [2.24, 2.45) is 0 Å². The monoisotopic (exact) mass is 579 g/mol. The number of sulfonamides is 2. The molecule has 2 aromatic rings. The van der Waals surface area contributed by atoms with E-state index in [4.69, 9.17) is 9.47 Å². The molecule has 2 aliphatic heterocycles. The highest BCUT2D eigenvalue weighted by atomic mass is 32.2. The Bertz CT molecular complexity index is 1400. The lowest BCUT2D eigenvalue weighted by atomic mass is 9.86. The SMILES string of the molecule is CC(C)(C)c1ccc2c(c1)N(S(C)(=O)=O)CC(C(=O)NCCOc1ccc(S(=O)(=O)N3CCCCC3)cc1)O2. The third-order valence-corrected chi connectivity index (χ3v) is 9.89. The lowest BCUT2D eigenvalue weighted by molar-refractivity contribution is -0.127. The Hall–Kier alpha value is -2.83. The lowest BCUT2D eigenvalue weighted by Gasteiger charge is -2.35. The molecule has 0 saturated carbocycles. The molecular weight excluding hydrogens is 542 g/mol. The number of nitrogens with zero attached hydrogens (tertiary/aromatic N) is 2. The Morgan fingerprint density at radius 3 is 2.31 bits per heavy atom. The minimum atomic E-state index is -3.65. The summed E-state index contributed by atoms with van der Waals surface area (Å²) in [5, 5.41) is 2.73. The van der Waals surface area contributed by atoms with E-state index >= 15 is 0 Å². The molecule has 0 bridgehead atoms. The Morgan fingerprint density at radius 2 is 1.69 bits per heavy atom. The van der Waals surface area contributed by atoms with Gasteiger partial charge in [-0.2, -0.15) is 4.31 Å². The molecule has 1 unspecified atom stereocenters. The van der Waals surface area contributed by atoms with Crippen molar-refractivity contribution in [1.29, 1.82) is 0 Å². The fourth-order valence-electron chi connectivity index (χ4n) is 4.59. The summed E-state index contributed by atoms with van der Waals surface area (Å²) in [6.07, 6.45) is 2.87. The van der Waals surface area contributed by atoms with Gasteiger partial charge < -0.3 is 14.8 Å². The molecule has 2 aliphatic rings. The minimum absolute atomic E-state index is 0.137. The van der Waals surface area contributed by atoms with Crippen LogP contribution in [0.3, 0.4) is 0 Å². The van der Waals surface area contributed by atoms with Crippen molar-refractivity contribution in [3.05, 3.63) is 48.0 Å². The molecular formula is C27H37N3O7S2. The van der Waals surface area contributed by atoms with Gasteiger partial charge in [-0.15, -0.1) is 0 Å². The smallest absolute Gasteiger partial charge is 0.263 e. The van der Waals surface area contributed by atoms with Gasteiger partial charge in [-0.25, -0.2) is 16.8 Å². The van der Waals surface area contributed by atoms with Crippen LogP contribution in [0.25, 0.3) is 0 Å². The van der Waals surface area contributed by atoms with Crippen molar-refractivity contribution in [3.63, 3.8) is 0 Å². The van der Waals surface area contributed by atoms with Gasteiger partial charge >= 0.3 is 0 Å². The van der Waals surface area contributed by atoms with Crippen LogP contribution in [-0.4, -0.2) is 72.2 Å². The zero-order chi connectivity index (χ0) is 28.4. The summed E-state index contributed by atoms with van der Waals surface area (Å²) in [4.78, 5) is 13.1. The molecule has 4 rings (SSSR count). The highest BCUT2D eigenvalue weighted by Gasteiger charge is 2.35. The average Bonchev–Trinajstić information content (AvgIpc) is 2.89. The quantitative estimate of drug-likeness (QED) is 0.477. The van der Waals surface area contributed by atoms with Crippen LogP contribution >= 0.6 is 0 Å². The zero-order valence-electron chi connectivity index (χ0n) is 22.8. The van der Waals surface area contributed by atoms with Gasteiger partial charge in [0.1, 0.15) is 18.1 Å². The Balaban J connectivity index is 1.33. The second-order valence-electron chi connectivity index (χ2n) is 10.9. The summed E-state index contributed by atoms with van der Waals surface area (Å²) < 4.78 is 64.9. The third-order valence-electron chi connectivity index (χ3n) is 6.83. The molecule has 2 aromatic carbocycles. The number of hydrogen-bond acceptors (Lipinski definition) is 7. The maximum absolute atomic E-state index is 12.8. The third kappa shape index (κ3) is 6.85. The fourth-order valence-corrected chi connectivity index (χ4v) is 7.01. The number of carbonyl (C=O) groups excluding carboxylic acids is 1. The number of piperidine rings is 1. The van der Waals surface area contributed by atoms with E-state index < -0.39 is 32.1 Å². The van der Waals surface area contributed by atoms with Crippen LogP contribution in [0.4, 0.5) is 5.69 Å². The van der Waals surface area contributed by atoms with E-state index in [1.807, 2.05) is 26.8 Å². The molecule has 1 fully saturated rings. The van der Waals surface area contributed by atoms with Crippen molar-refractivity contribution in [3.8, 4) is 11.5 Å². The second kappa shape index (κ2) is 11.3.